The molecule has 0 unspecified atom stereocenters. The molecule has 4 heterocycles. The third-order valence-electron chi connectivity index (χ3n) is 7.95. The van der Waals surface area contributed by atoms with Crippen LogP contribution in [-0.2, 0) is 4.79 Å². The van der Waals surface area contributed by atoms with Crippen molar-refractivity contribution >= 4 is 29.0 Å². The van der Waals surface area contributed by atoms with E-state index in [1.165, 1.54) is 6.08 Å². The number of aromatic nitrogens is 4. The highest BCUT2D eigenvalue weighted by atomic mass is 16.5. The summed E-state index contributed by atoms with van der Waals surface area (Å²) in [6, 6.07) is 7.82. The van der Waals surface area contributed by atoms with Crippen molar-refractivity contribution in [2.24, 2.45) is 5.92 Å². The van der Waals surface area contributed by atoms with E-state index in [2.05, 4.69) is 42.8 Å². The number of hydrogen-bond donors (Lipinski definition) is 1. The lowest BCUT2D eigenvalue weighted by Gasteiger charge is -2.31. The quantitative estimate of drug-likeness (QED) is 0.310. The van der Waals surface area contributed by atoms with E-state index in [0.717, 1.165) is 50.0 Å². The first-order valence-corrected chi connectivity index (χ1v) is 14.2. The van der Waals surface area contributed by atoms with Crippen molar-refractivity contribution in [3.63, 3.8) is 0 Å². The molecule has 0 bridgehead atoms. The maximum Gasteiger partial charge on any atom is 0.322 e. The van der Waals surface area contributed by atoms with Crippen molar-refractivity contribution in [1.29, 1.82) is 0 Å². The number of hydrogen-bond acceptors (Lipinski definition) is 8. The van der Waals surface area contributed by atoms with E-state index in [1.54, 1.807) is 9.42 Å². The minimum Gasteiger partial charge on any atom is -0.460 e. The number of benzene rings is 1. The third kappa shape index (κ3) is 6.33. The molecule has 2 aliphatic rings. The van der Waals surface area contributed by atoms with Gasteiger partial charge in [0.2, 0.25) is 11.9 Å². The molecule has 10 nitrogen and oxygen atoms in total. The Labute approximate surface area is 235 Å². The van der Waals surface area contributed by atoms with Gasteiger partial charge in [0.15, 0.2) is 11.4 Å². The number of amides is 1. The molecule has 3 aromatic rings. The topological polar surface area (TPSA) is 105 Å². The number of piperidine rings is 2. The van der Waals surface area contributed by atoms with Gasteiger partial charge in [-0.3, -0.25) is 9.59 Å². The molecule has 0 aliphatic carbocycles. The van der Waals surface area contributed by atoms with E-state index in [1.807, 2.05) is 30.5 Å². The number of nitrogens with one attached hydrogen (secondary N) is 1. The van der Waals surface area contributed by atoms with Crippen LogP contribution < -0.4 is 10.1 Å². The fraction of sp³-hybridized carbons (Fsp3) is 0.500. The number of ketones is 1. The van der Waals surface area contributed by atoms with Gasteiger partial charge < -0.3 is 19.9 Å². The Morgan fingerprint density at radius 1 is 1.12 bits per heavy atom. The summed E-state index contributed by atoms with van der Waals surface area (Å²) in [5.74, 6) is 1.04. The summed E-state index contributed by atoms with van der Waals surface area (Å²) < 4.78 is 7.95. The Balaban J connectivity index is 1.32. The number of ether oxygens (including phenoxy) is 1. The molecule has 2 aromatic heterocycles. The van der Waals surface area contributed by atoms with Crippen LogP contribution >= 0.6 is 0 Å². The number of anilines is 2. The van der Waals surface area contributed by atoms with Crippen LogP contribution in [0.15, 0.2) is 43.1 Å². The van der Waals surface area contributed by atoms with Crippen LogP contribution in [-0.4, -0.2) is 80.4 Å². The van der Waals surface area contributed by atoms with Gasteiger partial charge in [-0.1, -0.05) is 32.6 Å². The fourth-order valence-electron chi connectivity index (χ4n) is 5.43. The molecule has 5 rings (SSSR count). The molecule has 0 atom stereocenters. The zero-order chi connectivity index (χ0) is 28.2. The first kappa shape index (κ1) is 27.8. The van der Waals surface area contributed by atoms with Gasteiger partial charge in [-0.25, -0.2) is 0 Å². The zero-order valence-corrected chi connectivity index (χ0v) is 23.7. The van der Waals surface area contributed by atoms with Crippen LogP contribution in [0.3, 0.4) is 0 Å². The van der Waals surface area contributed by atoms with E-state index in [-0.39, 0.29) is 29.6 Å². The van der Waals surface area contributed by atoms with Gasteiger partial charge in [-0.15, -0.1) is 0 Å². The monoisotopic (exact) mass is 545 g/mol. The summed E-state index contributed by atoms with van der Waals surface area (Å²) in [6.45, 7) is 11.1. The molecule has 0 radical (unpaired) electrons. The molecule has 1 amide bonds. The van der Waals surface area contributed by atoms with Gasteiger partial charge in [0.05, 0.1) is 6.20 Å². The van der Waals surface area contributed by atoms with Gasteiger partial charge in [0.25, 0.3) is 0 Å². The van der Waals surface area contributed by atoms with Crippen LogP contribution in [0.5, 0.6) is 6.01 Å². The first-order chi connectivity index (χ1) is 19.3. The number of fused-ring (bicyclic) bond motifs is 1. The molecular weight excluding hydrogens is 506 g/mol. The third-order valence-corrected chi connectivity index (χ3v) is 7.95. The van der Waals surface area contributed by atoms with Crippen molar-refractivity contribution in [1.82, 2.24) is 29.4 Å². The van der Waals surface area contributed by atoms with Crippen molar-refractivity contribution in [2.75, 3.05) is 38.5 Å². The molecule has 40 heavy (non-hydrogen) atoms. The lowest BCUT2D eigenvalue weighted by molar-refractivity contribution is -0.127. The average Bonchev–Trinajstić information content (AvgIpc) is 3.39. The molecule has 10 heteroatoms. The number of likely N-dealkylation sites (tertiary alicyclic amines) is 2. The summed E-state index contributed by atoms with van der Waals surface area (Å²) in [4.78, 5) is 38.6. The maximum atomic E-state index is 13.2. The number of Topliss-reactive ketones (excluding diaryl/α,β-unsaturated/α-hetero) is 1. The second-order valence-electron chi connectivity index (χ2n) is 11.2. The van der Waals surface area contributed by atoms with Crippen LogP contribution in [0, 0.1) is 5.92 Å². The Morgan fingerprint density at radius 3 is 2.58 bits per heavy atom. The van der Waals surface area contributed by atoms with Crippen LogP contribution in [0.1, 0.15) is 67.8 Å². The van der Waals surface area contributed by atoms with E-state index in [0.29, 0.717) is 42.7 Å². The number of carbonyl (C=O) groups is 2. The summed E-state index contributed by atoms with van der Waals surface area (Å²) in [6.07, 6.45) is 7.21. The SMILES string of the molecule is C=CC(=O)N1CCC(CC(=O)c2cccc(Nc3nc(OC4CCN(C)CC4)nc4c(C(C)C)cnn34)c2)CC1. The Kier molecular flexibility index (Phi) is 8.44. The summed E-state index contributed by atoms with van der Waals surface area (Å²) in [5, 5.41) is 7.92. The van der Waals surface area contributed by atoms with Crippen molar-refractivity contribution in [3.8, 4) is 6.01 Å². The summed E-state index contributed by atoms with van der Waals surface area (Å²) in [5.41, 5.74) is 3.11. The smallest absolute Gasteiger partial charge is 0.322 e. The molecule has 1 aromatic carbocycles. The van der Waals surface area contributed by atoms with Crippen molar-refractivity contribution < 1.29 is 14.3 Å². The number of rotatable bonds is 9. The Hall–Kier alpha value is -3.79. The molecule has 2 aliphatic heterocycles. The van der Waals surface area contributed by atoms with Crippen molar-refractivity contribution in [3.05, 3.63) is 54.2 Å². The van der Waals surface area contributed by atoms with E-state index < -0.39 is 0 Å². The van der Waals surface area contributed by atoms with Gasteiger partial charge in [0.1, 0.15) is 6.10 Å². The zero-order valence-electron chi connectivity index (χ0n) is 23.7. The van der Waals surface area contributed by atoms with E-state index in [4.69, 9.17) is 14.7 Å². The molecular formula is C30H39N7O3. The highest BCUT2D eigenvalue weighted by Crippen LogP contribution is 2.27. The average molecular weight is 546 g/mol. The fourth-order valence-corrected chi connectivity index (χ4v) is 5.43. The lowest BCUT2D eigenvalue weighted by atomic mass is 9.89. The minimum atomic E-state index is -0.0417. The number of nitrogens with zero attached hydrogens (tertiary/aromatic N) is 6. The largest absolute Gasteiger partial charge is 0.460 e. The molecule has 212 valence electrons. The van der Waals surface area contributed by atoms with Gasteiger partial charge in [-0.05, 0) is 62.8 Å². The highest BCUT2D eigenvalue weighted by molar-refractivity contribution is 5.97. The molecule has 1 N–H and O–H groups in total. The Morgan fingerprint density at radius 2 is 1.88 bits per heavy atom. The predicted molar refractivity (Wildman–Crippen MR) is 154 cm³/mol. The minimum absolute atomic E-state index is 0.0417. The highest BCUT2D eigenvalue weighted by Gasteiger charge is 2.25. The second kappa shape index (κ2) is 12.2. The number of carbonyl (C=O) groups excluding carboxylic acids is 2. The van der Waals surface area contributed by atoms with Gasteiger partial charge >= 0.3 is 6.01 Å². The second-order valence-corrected chi connectivity index (χ2v) is 11.2. The standard InChI is InChI=1S/C30H39N7O3/c1-5-27(39)36-15-9-21(10-16-36)17-26(38)22-7-6-8-23(18-22)32-29-34-30(40-24-11-13-35(4)14-12-24)33-28-25(20(2)3)19-31-37(28)29/h5-8,18-21,24H,1,9-17H2,2-4H3,(H,32,33,34). The lowest BCUT2D eigenvalue weighted by Crippen LogP contribution is -2.37. The molecule has 0 spiro atoms. The van der Waals surface area contributed by atoms with Crippen LogP contribution in [0.2, 0.25) is 0 Å². The molecule has 2 fully saturated rings. The van der Waals surface area contributed by atoms with Crippen LogP contribution in [0.4, 0.5) is 11.6 Å². The van der Waals surface area contributed by atoms with E-state index >= 15 is 0 Å². The van der Waals surface area contributed by atoms with Crippen molar-refractivity contribution in [2.45, 2.75) is 58.0 Å². The first-order valence-electron chi connectivity index (χ1n) is 14.2. The van der Waals surface area contributed by atoms with Crippen LogP contribution in [0.25, 0.3) is 5.65 Å². The predicted octanol–water partition coefficient (Wildman–Crippen LogP) is 4.46. The van der Waals surface area contributed by atoms with Gasteiger partial charge in [-0.2, -0.15) is 19.6 Å². The maximum absolute atomic E-state index is 13.2. The van der Waals surface area contributed by atoms with E-state index in [9.17, 15) is 9.59 Å². The molecule has 2 saturated heterocycles. The normalized spacial score (nSPS) is 17.4. The Bertz CT molecular complexity index is 1370. The summed E-state index contributed by atoms with van der Waals surface area (Å²) in [7, 11) is 2.12. The van der Waals surface area contributed by atoms with Gasteiger partial charge in [0, 0.05) is 49.4 Å². The molecule has 0 saturated carbocycles. The summed E-state index contributed by atoms with van der Waals surface area (Å²) >= 11 is 0.